The van der Waals surface area contributed by atoms with Gasteiger partial charge in [0.25, 0.3) is 0 Å². The van der Waals surface area contributed by atoms with Crippen LogP contribution < -0.4 is 5.32 Å². The van der Waals surface area contributed by atoms with Gasteiger partial charge in [-0.3, -0.25) is 13.8 Å². The number of rotatable bonds is 43. The molecule has 0 aliphatic heterocycles. The number of hydrogen-bond acceptors (Lipinski definition) is 5. The fraction of sp³-hybridized carbons (Fsp3) is 0.780. The van der Waals surface area contributed by atoms with Crippen molar-refractivity contribution in [2.75, 3.05) is 40.9 Å². The van der Waals surface area contributed by atoms with Crippen LogP contribution in [0.25, 0.3) is 0 Å². The van der Waals surface area contributed by atoms with Crippen LogP contribution in [-0.4, -0.2) is 73.4 Å². The second kappa shape index (κ2) is 41.5. The molecule has 1 amide bonds. The third kappa shape index (κ3) is 44.1. The van der Waals surface area contributed by atoms with Gasteiger partial charge < -0.3 is 19.8 Å². The van der Waals surface area contributed by atoms with Gasteiger partial charge in [-0.25, -0.2) is 4.57 Å². The normalized spacial score (nSPS) is 14.8. The number of aliphatic hydroxyl groups is 1. The predicted octanol–water partition coefficient (Wildman–Crippen LogP) is 13.8. The van der Waals surface area contributed by atoms with E-state index in [1.165, 1.54) is 116 Å². The number of hydrogen-bond donors (Lipinski definition) is 3. The van der Waals surface area contributed by atoms with E-state index < -0.39 is 20.0 Å². The van der Waals surface area contributed by atoms with Gasteiger partial charge in [0.2, 0.25) is 5.91 Å². The Labute approximate surface area is 364 Å². The summed E-state index contributed by atoms with van der Waals surface area (Å²) >= 11 is 0. The zero-order valence-corrected chi connectivity index (χ0v) is 39.9. The average Bonchev–Trinajstić information content (AvgIpc) is 3.19. The lowest BCUT2D eigenvalue weighted by atomic mass is 10.1. The number of carbonyl (C=O) groups excluding carboxylic acids is 1. The fourth-order valence-corrected chi connectivity index (χ4v) is 7.33. The third-order valence-electron chi connectivity index (χ3n) is 10.5. The quantitative estimate of drug-likeness (QED) is 0.0244. The lowest BCUT2D eigenvalue weighted by Gasteiger charge is -2.25. The molecule has 9 heteroatoms. The van der Waals surface area contributed by atoms with Crippen LogP contribution in [0.3, 0.4) is 0 Å². The van der Waals surface area contributed by atoms with E-state index in [9.17, 15) is 19.4 Å². The van der Waals surface area contributed by atoms with Crippen LogP contribution in [-0.2, 0) is 18.4 Å². The molecule has 3 unspecified atom stereocenters. The van der Waals surface area contributed by atoms with Crippen LogP contribution in [0.1, 0.15) is 200 Å². The van der Waals surface area contributed by atoms with Crippen molar-refractivity contribution < 1.29 is 32.9 Å². The number of nitrogens with one attached hydrogen (secondary N) is 1. The van der Waals surface area contributed by atoms with Crippen molar-refractivity contribution in [2.45, 2.75) is 212 Å². The Morgan fingerprint density at radius 1 is 0.576 bits per heavy atom. The van der Waals surface area contributed by atoms with E-state index in [-0.39, 0.29) is 19.1 Å². The molecule has 0 saturated carbocycles. The zero-order valence-electron chi connectivity index (χ0n) is 39.0. The number of unbranched alkanes of at least 4 members (excludes halogenated alkanes) is 22. The molecule has 0 saturated heterocycles. The Morgan fingerprint density at radius 3 is 1.47 bits per heavy atom. The first kappa shape index (κ1) is 57.2. The lowest BCUT2D eigenvalue weighted by Crippen LogP contribution is -2.45. The molecule has 0 aliphatic rings. The summed E-state index contributed by atoms with van der Waals surface area (Å²) in [5, 5.41) is 13.8. The number of amides is 1. The van der Waals surface area contributed by atoms with E-state index in [2.05, 4.69) is 67.8 Å². The minimum absolute atomic E-state index is 0.0510. The van der Waals surface area contributed by atoms with Gasteiger partial charge in [0.15, 0.2) is 0 Å². The van der Waals surface area contributed by atoms with E-state index in [4.69, 9.17) is 9.05 Å². The Hall–Kier alpha value is -1.80. The molecule has 0 rings (SSSR count). The highest BCUT2D eigenvalue weighted by Gasteiger charge is 2.27. The van der Waals surface area contributed by atoms with E-state index in [0.717, 1.165) is 64.2 Å². The Balaban J connectivity index is 4.44. The van der Waals surface area contributed by atoms with Crippen molar-refractivity contribution >= 4 is 13.7 Å². The lowest BCUT2D eigenvalue weighted by molar-refractivity contribution is -0.870. The first-order valence-electron chi connectivity index (χ1n) is 24.2. The number of allylic oxidation sites excluding steroid dienone is 9. The van der Waals surface area contributed by atoms with Crippen LogP contribution in [0.2, 0.25) is 0 Å². The highest BCUT2D eigenvalue weighted by molar-refractivity contribution is 7.47. The molecule has 0 heterocycles. The first-order valence-corrected chi connectivity index (χ1v) is 25.7. The van der Waals surface area contributed by atoms with Gasteiger partial charge >= 0.3 is 7.82 Å². The van der Waals surface area contributed by atoms with Crippen LogP contribution in [0.4, 0.5) is 0 Å². The summed E-state index contributed by atoms with van der Waals surface area (Å²) in [7, 11) is 1.54. The molecule has 0 aromatic carbocycles. The van der Waals surface area contributed by atoms with Crippen LogP contribution in [0.5, 0.6) is 0 Å². The van der Waals surface area contributed by atoms with Gasteiger partial charge in [-0.15, -0.1) is 0 Å². The van der Waals surface area contributed by atoms with E-state index in [1.807, 2.05) is 27.2 Å². The molecule has 344 valence electrons. The number of phosphoric ester groups is 1. The minimum atomic E-state index is -4.35. The van der Waals surface area contributed by atoms with E-state index in [0.29, 0.717) is 17.4 Å². The number of phosphoric acid groups is 1. The van der Waals surface area contributed by atoms with Gasteiger partial charge in [0.05, 0.1) is 39.9 Å². The van der Waals surface area contributed by atoms with Crippen LogP contribution in [0.15, 0.2) is 60.8 Å². The molecule has 0 radical (unpaired) electrons. The highest BCUT2D eigenvalue weighted by Crippen LogP contribution is 2.43. The Kier molecular flexibility index (Phi) is 40.3. The molecule has 0 aromatic heterocycles. The molecule has 59 heavy (non-hydrogen) atoms. The number of carbonyl (C=O) groups is 1. The maximum absolute atomic E-state index is 12.9. The molecule has 0 aromatic rings. The van der Waals surface area contributed by atoms with Crippen molar-refractivity contribution in [1.82, 2.24) is 5.32 Å². The zero-order chi connectivity index (χ0) is 43.6. The topological polar surface area (TPSA) is 105 Å². The molecular weight excluding hydrogens is 756 g/mol. The second-order valence-corrected chi connectivity index (χ2v) is 18.9. The van der Waals surface area contributed by atoms with Gasteiger partial charge in [-0.1, -0.05) is 184 Å². The Bertz CT molecular complexity index is 1140. The van der Waals surface area contributed by atoms with Crippen molar-refractivity contribution in [3.63, 3.8) is 0 Å². The van der Waals surface area contributed by atoms with Gasteiger partial charge in [0, 0.05) is 6.42 Å². The van der Waals surface area contributed by atoms with Crippen molar-refractivity contribution in [3.05, 3.63) is 60.8 Å². The van der Waals surface area contributed by atoms with Crippen molar-refractivity contribution in [3.8, 4) is 0 Å². The van der Waals surface area contributed by atoms with Crippen LogP contribution in [0, 0.1) is 0 Å². The number of nitrogens with zero attached hydrogens (tertiary/aromatic N) is 1. The smallest absolute Gasteiger partial charge is 0.387 e. The van der Waals surface area contributed by atoms with Crippen LogP contribution >= 0.6 is 7.82 Å². The average molecular weight is 850 g/mol. The first-order chi connectivity index (χ1) is 28.5. The fourth-order valence-electron chi connectivity index (χ4n) is 6.59. The van der Waals surface area contributed by atoms with E-state index in [1.54, 1.807) is 6.08 Å². The molecule has 8 nitrogen and oxygen atoms in total. The number of likely N-dealkylation sites (N-methyl/N-ethyl adjacent to an activating group) is 1. The summed E-state index contributed by atoms with van der Waals surface area (Å²) in [4.78, 5) is 23.2. The van der Waals surface area contributed by atoms with E-state index >= 15 is 0 Å². The second-order valence-electron chi connectivity index (χ2n) is 17.5. The molecule has 0 aliphatic carbocycles. The molecular formula is C50H94N2O6P+. The summed E-state index contributed by atoms with van der Waals surface area (Å²) in [5.74, 6) is -0.201. The maximum atomic E-state index is 12.9. The third-order valence-corrected chi connectivity index (χ3v) is 11.4. The summed E-state index contributed by atoms with van der Waals surface area (Å²) in [6.07, 6.45) is 54.4. The number of quaternary nitrogens is 1. The summed E-state index contributed by atoms with van der Waals surface area (Å²) < 4.78 is 23.6. The molecule has 0 bridgehead atoms. The molecule has 0 spiro atoms. The van der Waals surface area contributed by atoms with Crippen molar-refractivity contribution in [2.24, 2.45) is 0 Å². The highest BCUT2D eigenvalue weighted by atomic mass is 31.2. The van der Waals surface area contributed by atoms with Gasteiger partial charge in [-0.2, -0.15) is 0 Å². The summed E-state index contributed by atoms with van der Waals surface area (Å²) in [6.45, 7) is 4.76. The number of aliphatic hydroxyl groups excluding tert-OH is 1. The molecule has 0 fully saturated rings. The molecule has 3 atom stereocenters. The maximum Gasteiger partial charge on any atom is 0.472 e. The van der Waals surface area contributed by atoms with Gasteiger partial charge in [-0.05, 0) is 70.6 Å². The standard InChI is InChI=1S/C50H93N2O6P/c1-6-8-10-12-14-16-18-20-22-24-25-26-27-28-30-32-34-36-38-40-42-44-50(54)51-48(47-58-59(55,56)57-46-45-52(3,4)5)49(53)43-41-39-37-35-33-31-29-23-21-19-17-15-13-11-9-7-2/h18,20,24-25,27-28,33,35,41,43,48-49,53H,6-17,19,21-23,26,29-32,34,36-40,42,44-47H2,1-5H3,(H-,51,54,55,56)/p+1/b20-18-,25-24-,28-27-,35-33+,43-41+. The molecule has 3 N–H and O–H groups in total. The Morgan fingerprint density at radius 2 is 0.983 bits per heavy atom. The SMILES string of the molecule is CCCCCCC/C=C\C/C=C\C/C=C\CCCCCCCCC(=O)NC(COP(=O)(O)OCC[N+](C)(C)C)C(O)/C=C/CC/C=C/CCCCCCCCCCCC. The predicted molar refractivity (Wildman–Crippen MR) is 254 cm³/mol. The summed E-state index contributed by atoms with van der Waals surface area (Å²) in [6, 6.07) is -0.872. The monoisotopic (exact) mass is 850 g/mol. The summed E-state index contributed by atoms with van der Waals surface area (Å²) in [5.41, 5.74) is 0. The van der Waals surface area contributed by atoms with Gasteiger partial charge in [0.1, 0.15) is 13.2 Å². The van der Waals surface area contributed by atoms with Crippen molar-refractivity contribution in [1.29, 1.82) is 0 Å². The minimum Gasteiger partial charge on any atom is -0.387 e. The largest absolute Gasteiger partial charge is 0.472 e.